The molecule has 0 aliphatic rings. The predicted octanol–water partition coefficient (Wildman–Crippen LogP) is 2.41. The normalized spacial score (nSPS) is 12.3. The summed E-state index contributed by atoms with van der Waals surface area (Å²) in [5.74, 6) is -0.979. The zero-order valence-electron chi connectivity index (χ0n) is 17.7. The lowest BCUT2D eigenvalue weighted by atomic mass is 9.90. The van der Waals surface area contributed by atoms with Crippen LogP contribution in [0.15, 0.2) is 42.0 Å². The van der Waals surface area contributed by atoms with Gasteiger partial charge in [0, 0.05) is 18.2 Å². The van der Waals surface area contributed by atoms with Crippen molar-refractivity contribution in [3.63, 3.8) is 0 Å². The molecule has 2 rings (SSSR count). The van der Waals surface area contributed by atoms with Gasteiger partial charge in [0.2, 0.25) is 0 Å². The van der Waals surface area contributed by atoms with E-state index >= 15 is 0 Å². The Kier molecular flexibility index (Phi) is 7.30. The van der Waals surface area contributed by atoms with Crippen molar-refractivity contribution in [3.8, 4) is 0 Å². The molecule has 0 saturated heterocycles. The Balaban J connectivity index is 2.27. The van der Waals surface area contributed by atoms with E-state index in [1.165, 1.54) is 13.2 Å². The molecule has 0 bridgehead atoms. The van der Waals surface area contributed by atoms with Crippen molar-refractivity contribution >= 4 is 30.3 Å². The van der Waals surface area contributed by atoms with Gasteiger partial charge < -0.3 is 20.4 Å². The highest BCUT2D eigenvalue weighted by Gasteiger charge is 2.20. The first-order valence-corrected chi connectivity index (χ1v) is 9.29. The Morgan fingerprint density at radius 2 is 1.93 bits per heavy atom. The summed E-state index contributed by atoms with van der Waals surface area (Å²) in [6.45, 7) is 6.05. The zero-order valence-corrected chi connectivity index (χ0v) is 17.7. The number of benzene rings is 1. The van der Waals surface area contributed by atoms with Gasteiger partial charge in [0.1, 0.15) is 5.70 Å². The largest absolute Gasteiger partial charge is 0.465 e. The molecule has 3 N–H and O–H groups in total. The second-order valence-electron chi connectivity index (χ2n) is 7.51. The van der Waals surface area contributed by atoms with Crippen LogP contribution >= 0.6 is 0 Å². The van der Waals surface area contributed by atoms with Crippen molar-refractivity contribution in [2.24, 2.45) is 0 Å². The molecule has 8 heteroatoms. The van der Waals surface area contributed by atoms with E-state index in [4.69, 9.17) is 4.74 Å². The van der Waals surface area contributed by atoms with Gasteiger partial charge >= 0.3 is 5.97 Å². The standard InChI is InChI=1S/C22H26N4O4/c1-22(2,3)19-17(24-13-25-19)11-16(12-27)26-20(28)18(23-4)10-14-7-6-8-15(9-14)21(29)30-5/h6-13,23H,1-5H3,(H,24,25)(H,26,28)/b16-11-,18-10-. The fourth-order valence-corrected chi connectivity index (χ4v) is 2.75. The third-order valence-corrected chi connectivity index (χ3v) is 4.23. The van der Waals surface area contributed by atoms with Crippen molar-refractivity contribution < 1.29 is 19.1 Å². The molecule has 158 valence electrons. The summed E-state index contributed by atoms with van der Waals surface area (Å²) >= 11 is 0. The van der Waals surface area contributed by atoms with Gasteiger partial charge in [0.15, 0.2) is 6.29 Å². The maximum atomic E-state index is 12.7. The van der Waals surface area contributed by atoms with Crippen LogP contribution in [0.3, 0.4) is 0 Å². The van der Waals surface area contributed by atoms with Gasteiger partial charge in [-0.2, -0.15) is 0 Å². The van der Waals surface area contributed by atoms with Gasteiger partial charge in [0.25, 0.3) is 5.91 Å². The van der Waals surface area contributed by atoms with Gasteiger partial charge in [-0.05, 0) is 29.8 Å². The van der Waals surface area contributed by atoms with Crippen molar-refractivity contribution in [3.05, 3.63) is 64.5 Å². The second-order valence-corrected chi connectivity index (χ2v) is 7.51. The number of ether oxygens (including phenoxy) is 1. The maximum absolute atomic E-state index is 12.7. The third kappa shape index (κ3) is 5.66. The van der Waals surface area contributed by atoms with E-state index in [2.05, 4.69) is 20.6 Å². The smallest absolute Gasteiger partial charge is 0.337 e. The van der Waals surface area contributed by atoms with E-state index in [1.54, 1.807) is 43.7 Å². The van der Waals surface area contributed by atoms with Crippen molar-refractivity contribution in [1.29, 1.82) is 0 Å². The summed E-state index contributed by atoms with van der Waals surface area (Å²) in [5.41, 5.74) is 2.48. The molecule has 2 aromatic rings. The van der Waals surface area contributed by atoms with Crippen LogP contribution in [0, 0.1) is 0 Å². The SMILES string of the molecule is CN/C(=C\c1cccc(C(=O)OC)c1)C(=O)N/C(C=O)=C\c1nc[nH]c1C(C)(C)C. The Labute approximate surface area is 175 Å². The van der Waals surface area contributed by atoms with E-state index in [0.717, 1.165) is 5.69 Å². The number of carbonyl (C=O) groups excluding carboxylic acids is 3. The first-order chi connectivity index (χ1) is 14.2. The molecule has 0 atom stereocenters. The number of esters is 1. The molecule has 0 fully saturated rings. The third-order valence-electron chi connectivity index (χ3n) is 4.23. The quantitative estimate of drug-likeness (QED) is 0.367. The number of rotatable bonds is 7. The van der Waals surface area contributed by atoms with E-state index in [-0.39, 0.29) is 16.8 Å². The molecule has 0 aliphatic carbocycles. The van der Waals surface area contributed by atoms with Gasteiger partial charge in [0.05, 0.1) is 30.4 Å². The molecule has 1 amide bonds. The molecule has 1 heterocycles. The number of aromatic nitrogens is 2. The summed E-state index contributed by atoms with van der Waals surface area (Å²) in [6, 6.07) is 6.65. The second kappa shape index (κ2) is 9.69. The van der Waals surface area contributed by atoms with Crippen LogP contribution in [-0.4, -0.2) is 42.3 Å². The number of likely N-dealkylation sites (N-methyl/N-ethyl adjacent to an activating group) is 1. The molecule has 30 heavy (non-hydrogen) atoms. The topological polar surface area (TPSA) is 113 Å². The lowest BCUT2D eigenvalue weighted by Crippen LogP contribution is -2.30. The lowest BCUT2D eigenvalue weighted by Gasteiger charge is -2.17. The Morgan fingerprint density at radius 3 is 2.53 bits per heavy atom. The van der Waals surface area contributed by atoms with Gasteiger partial charge in [-0.3, -0.25) is 9.59 Å². The number of allylic oxidation sites excluding steroid dienone is 1. The Hall–Kier alpha value is -3.68. The minimum absolute atomic E-state index is 0.0714. The zero-order chi connectivity index (χ0) is 22.3. The minimum Gasteiger partial charge on any atom is -0.465 e. The highest BCUT2D eigenvalue weighted by atomic mass is 16.5. The van der Waals surface area contributed by atoms with E-state index in [9.17, 15) is 14.4 Å². The average molecular weight is 410 g/mol. The average Bonchev–Trinajstić information content (AvgIpc) is 3.19. The van der Waals surface area contributed by atoms with Crippen LogP contribution < -0.4 is 10.6 Å². The molecular formula is C22H26N4O4. The summed E-state index contributed by atoms with van der Waals surface area (Å²) in [7, 11) is 2.89. The fraction of sp³-hybridized carbons (Fsp3) is 0.273. The molecule has 0 spiro atoms. The van der Waals surface area contributed by atoms with Crippen LogP contribution in [0.5, 0.6) is 0 Å². The predicted molar refractivity (Wildman–Crippen MR) is 114 cm³/mol. The summed E-state index contributed by atoms with van der Waals surface area (Å²) < 4.78 is 4.71. The van der Waals surface area contributed by atoms with Crippen LogP contribution in [0.1, 0.15) is 48.1 Å². The first kappa shape index (κ1) is 22.6. The van der Waals surface area contributed by atoms with Gasteiger partial charge in [-0.25, -0.2) is 9.78 Å². The van der Waals surface area contributed by atoms with E-state index < -0.39 is 11.9 Å². The van der Waals surface area contributed by atoms with Crippen molar-refractivity contribution in [2.75, 3.05) is 14.2 Å². The highest BCUT2D eigenvalue weighted by molar-refractivity contribution is 6.02. The van der Waals surface area contributed by atoms with Crippen molar-refractivity contribution in [2.45, 2.75) is 26.2 Å². The van der Waals surface area contributed by atoms with Crippen LogP contribution in [0.2, 0.25) is 0 Å². The molecule has 0 aliphatic heterocycles. The van der Waals surface area contributed by atoms with E-state index in [1.807, 2.05) is 20.8 Å². The number of nitrogens with zero attached hydrogens (tertiary/aromatic N) is 1. The Morgan fingerprint density at radius 1 is 1.20 bits per heavy atom. The number of imidazole rings is 1. The number of hydrogen-bond acceptors (Lipinski definition) is 6. The van der Waals surface area contributed by atoms with Crippen LogP contribution in [0.4, 0.5) is 0 Å². The molecular weight excluding hydrogens is 384 g/mol. The summed E-state index contributed by atoms with van der Waals surface area (Å²) in [5, 5.41) is 5.39. The first-order valence-electron chi connectivity index (χ1n) is 9.29. The molecule has 0 unspecified atom stereocenters. The highest BCUT2D eigenvalue weighted by Crippen LogP contribution is 2.24. The molecule has 1 aromatic carbocycles. The van der Waals surface area contributed by atoms with Gasteiger partial charge in [-0.1, -0.05) is 32.9 Å². The molecule has 8 nitrogen and oxygen atoms in total. The summed E-state index contributed by atoms with van der Waals surface area (Å²) in [6.07, 6.45) is 5.19. The Bertz CT molecular complexity index is 997. The number of hydrogen-bond donors (Lipinski definition) is 3. The number of nitrogens with one attached hydrogen (secondary N) is 3. The fourth-order valence-electron chi connectivity index (χ4n) is 2.75. The van der Waals surface area contributed by atoms with Crippen LogP contribution in [-0.2, 0) is 19.7 Å². The lowest BCUT2D eigenvalue weighted by molar-refractivity contribution is -0.118. The minimum atomic E-state index is -0.507. The maximum Gasteiger partial charge on any atom is 0.337 e. The number of carbonyl (C=O) groups is 3. The molecule has 0 saturated carbocycles. The number of methoxy groups -OCH3 is 1. The van der Waals surface area contributed by atoms with E-state index in [0.29, 0.717) is 23.1 Å². The molecule has 1 aromatic heterocycles. The summed E-state index contributed by atoms with van der Waals surface area (Å²) in [4.78, 5) is 43.2. The molecule has 0 radical (unpaired) electrons. The van der Waals surface area contributed by atoms with Crippen LogP contribution in [0.25, 0.3) is 12.2 Å². The van der Waals surface area contributed by atoms with Gasteiger partial charge in [-0.15, -0.1) is 0 Å². The van der Waals surface area contributed by atoms with Crippen molar-refractivity contribution in [1.82, 2.24) is 20.6 Å². The number of amides is 1. The number of aromatic amines is 1. The number of aldehydes is 1. The number of H-pyrrole nitrogens is 1. The monoisotopic (exact) mass is 410 g/mol.